The third-order valence-electron chi connectivity index (χ3n) is 4.57. The van der Waals surface area contributed by atoms with E-state index in [9.17, 15) is 5.11 Å². The molecule has 1 saturated carbocycles. The molecule has 1 fully saturated rings. The maximum absolute atomic E-state index is 9.53. The maximum Gasteiger partial charge on any atom is 0.115 e. The summed E-state index contributed by atoms with van der Waals surface area (Å²) < 4.78 is 0. The van der Waals surface area contributed by atoms with Crippen LogP contribution < -0.4 is 5.46 Å². The summed E-state index contributed by atoms with van der Waals surface area (Å²) in [5.74, 6) is 0.326. The lowest BCUT2D eigenvalue weighted by atomic mass is 9.65. The zero-order chi connectivity index (χ0) is 14.0. The van der Waals surface area contributed by atoms with E-state index in [0.717, 1.165) is 18.3 Å². The molecule has 1 aliphatic carbocycles. The first kappa shape index (κ1) is 13.3. The summed E-state index contributed by atoms with van der Waals surface area (Å²) in [6, 6.07) is 16.0. The minimum atomic E-state index is 0.0569. The SMILES string of the molecule is [B]c1cccc(C2(c3ccc(O)cc3)CCCCC2)c1. The van der Waals surface area contributed by atoms with E-state index >= 15 is 0 Å². The standard InChI is InChI=1S/C18H19BO/c19-16-6-4-5-15(13-16)18(11-2-1-3-12-18)14-7-9-17(20)10-8-14/h4-10,13,20H,1-3,11-12H2. The van der Waals surface area contributed by atoms with Gasteiger partial charge in [0, 0.05) is 5.41 Å². The Morgan fingerprint density at radius 3 is 2.20 bits per heavy atom. The normalized spacial score (nSPS) is 17.8. The molecule has 0 unspecified atom stereocenters. The Bertz CT molecular complexity index is 583. The van der Waals surface area contributed by atoms with E-state index in [0.29, 0.717) is 5.75 Å². The molecule has 1 aliphatic rings. The molecule has 100 valence electrons. The molecule has 2 aromatic rings. The van der Waals surface area contributed by atoms with Gasteiger partial charge in [-0.05, 0) is 36.1 Å². The molecule has 20 heavy (non-hydrogen) atoms. The van der Waals surface area contributed by atoms with E-state index in [2.05, 4.69) is 24.3 Å². The number of phenolic OH excluding ortho intramolecular Hbond substituents is 1. The summed E-state index contributed by atoms with van der Waals surface area (Å²) >= 11 is 0. The van der Waals surface area contributed by atoms with Crippen molar-refractivity contribution in [3.8, 4) is 5.75 Å². The predicted octanol–water partition coefficient (Wildman–Crippen LogP) is 3.44. The van der Waals surface area contributed by atoms with E-state index in [1.165, 1.54) is 30.4 Å². The van der Waals surface area contributed by atoms with Gasteiger partial charge in [-0.15, -0.1) is 0 Å². The van der Waals surface area contributed by atoms with Crippen LogP contribution in [0.1, 0.15) is 43.2 Å². The second kappa shape index (κ2) is 5.36. The monoisotopic (exact) mass is 262 g/mol. The topological polar surface area (TPSA) is 20.2 Å². The van der Waals surface area contributed by atoms with Crippen LogP contribution in [0.2, 0.25) is 0 Å². The van der Waals surface area contributed by atoms with Gasteiger partial charge in [0.15, 0.2) is 0 Å². The van der Waals surface area contributed by atoms with E-state index in [-0.39, 0.29) is 5.41 Å². The first-order valence-corrected chi connectivity index (χ1v) is 7.36. The van der Waals surface area contributed by atoms with Gasteiger partial charge in [-0.1, -0.05) is 61.1 Å². The first-order chi connectivity index (χ1) is 9.71. The van der Waals surface area contributed by atoms with Crippen molar-refractivity contribution in [3.05, 3.63) is 59.7 Å². The molecule has 2 aromatic carbocycles. The van der Waals surface area contributed by atoms with Crippen molar-refractivity contribution in [1.82, 2.24) is 0 Å². The Balaban J connectivity index is 2.11. The fourth-order valence-electron chi connectivity index (χ4n) is 3.52. The fraction of sp³-hybridized carbons (Fsp3) is 0.333. The Kier molecular flexibility index (Phi) is 3.56. The van der Waals surface area contributed by atoms with Gasteiger partial charge in [0.1, 0.15) is 13.6 Å². The van der Waals surface area contributed by atoms with E-state index in [4.69, 9.17) is 7.85 Å². The predicted molar refractivity (Wildman–Crippen MR) is 83.8 cm³/mol. The summed E-state index contributed by atoms with van der Waals surface area (Å²) in [7, 11) is 5.99. The third-order valence-corrected chi connectivity index (χ3v) is 4.57. The van der Waals surface area contributed by atoms with Crippen LogP contribution in [0, 0.1) is 0 Å². The second-order valence-corrected chi connectivity index (χ2v) is 5.82. The quantitative estimate of drug-likeness (QED) is 0.822. The van der Waals surface area contributed by atoms with Crippen molar-refractivity contribution >= 4 is 13.3 Å². The van der Waals surface area contributed by atoms with Crippen LogP contribution in [0.4, 0.5) is 0 Å². The second-order valence-electron chi connectivity index (χ2n) is 5.82. The van der Waals surface area contributed by atoms with Crippen LogP contribution in [0.5, 0.6) is 5.75 Å². The molecule has 0 amide bonds. The maximum atomic E-state index is 9.53. The van der Waals surface area contributed by atoms with Crippen LogP contribution in [-0.4, -0.2) is 13.0 Å². The molecular formula is C18H19BO. The Hall–Kier alpha value is -1.70. The van der Waals surface area contributed by atoms with Crippen LogP contribution >= 0.6 is 0 Å². The summed E-state index contributed by atoms with van der Waals surface area (Å²) in [6.45, 7) is 0. The van der Waals surface area contributed by atoms with Gasteiger partial charge in [-0.2, -0.15) is 0 Å². The van der Waals surface area contributed by atoms with Crippen molar-refractivity contribution in [1.29, 1.82) is 0 Å². The number of aromatic hydroxyl groups is 1. The highest BCUT2D eigenvalue weighted by atomic mass is 16.3. The zero-order valence-electron chi connectivity index (χ0n) is 11.7. The molecule has 0 bridgehead atoms. The molecule has 0 aliphatic heterocycles. The number of benzene rings is 2. The van der Waals surface area contributed by atoms with Gasteiger partial charge in [0.25, 0.3) is 0 Å². The summed E-state index contributed by atoms with van der Waals surface area (Å²) in [4.78, 5) is 0. The zero-order valence-corrected chi connectivity index (χ0v) is 11.7. The third kappa shape index (κ3) is 2.35. The van der Waals surface area contributed by atoms with Crippen molar-refractivity contribution in [2.75, 3.05) is 0 Å². The lowest BCUT2D eigenvalue weighted by Crippen LogP contribution is -2.31. The molecule has 2 heteroatoms. The Morgan fingerprint density at radius 1 is 0.850 bits per heavy atom. The average Bonchev–Trinajstić information content (AvgIpc) is 2.49. The van der Waals surface area contributed by atoms with Crippen LogP contribution in [0.25, 0.3) is 0 Å². The van der Waals surface area contributed by atoms with Gasteiger partial charge >= 0.3 is 0 Å². The molecule has 1 N–H and O–H groups in total. The largest absolute Gasteiger partial charge is 0.508 e. The van der Waals surface area contributed by atoms with Gasteiger partial charge in [-0.3, -0.25) is 0 Å². The molecule has 0 heterocycles. The van der Waals surface area contributed by atoms with Crippen LogP contribution in [0.15, 0.2) is 48.5 Å². The fourth-order valence-corrected chi connectivity index (χ4v) is 3.52. The van der Waals surface area contributed by atoms with Crippen LogP contribution in [-0.2, 0) is 5.41 Å². The molecule has 0 saturated heterocycles. The molecule has 2 radical (unpaired) electrons. The van der Waals surface area contributed by atoms with Crippen molar-refractivity contribution in [2.24, 2.45) is 0 Å². The number of hydrogen-bond acceptors (Lipinski definition) is 1. The molecule has 0 aromatic heterocycles. The summed E-state index contributed by atoms with van der Waals surface area (Å²) in [5.41, 5.74) is 3.48. The van der Waals surface area contributed by atoms with Crippen molar-refractivity contribution in [2.45, 2.75) is 37.5 Å². The molecule has 0 spiro atoms. The van der Waals surface area contributed by atoms with E-state index in [1.54, 1.807) is 12.1 Å². The lowest BCUT2D eigenvalue weighted by molar-refractivity contribution is 0.345. The van der Waals surface area contributed by atoms with E-state index < -0.39 is 0 Å². The van der Waals surface area contributed by atoms with Gasteiger partial charge in [0.05, 0.1) is 0 Å². The lowest BCUT2D eigenvalue weighted by Gasteiger charge is -2.39. The van der Waals surface area contributed by atoms with Crippen LogP contribution in [0.3, 0.4) is 0 Å². The number of phenols is 1. The Labute approximate surface area is 122 Å². The van der Waals surface area contributed by atoms with Gasteiger partial charge < -0.3 is 5.11 Å². The number of rotatable bonds is 2. The van der Waals surface area contributed by atoms with Gasteiger partial charge in [-0.25, -0.2) is 0 Å². The van der Waals surface area contributed by atoms with Gasteiger partial charge in [0.2, 0.25) is 0 Å². The highest BCUT2D eigenvalue weighted by molar-refractivity contribution is 6.32. The molecule has 3 rings (SSSR count). The minimum Gasteiger partial charge on any atom is -0.508 e. The Morgan fingerprint density at radius 2 is 1.55 bits per heavy atom. The first-order valence-electron chi connectivity index (χ1n) is 7.36. The van der Waals surface area contributed by atoms with Crippen molar-refractivity contribution in [3.63, 3.8) is 0 Å². The minimum absolute atomic E-state index is 0.0569. The molecular weight excluding hydrogens is 243 g/mol. The highest BCUT2D eigenvalue weighted by Crippen LogP contribution is 2.44. The average molecular weight is 262 g/mol. The van der Waals surface area contributed by atoms with E-state index in [1.807, 2.05) is 12.1 Å². The molecule has 0 atom stereocenters. The molecule has 1 nitrogen and oxygen atoms in total. The number of hydrogen-bond donors (Lipinski definition) is 1. The smallest absolute Gasteiger partial charge is 0.115 e. The highest BCUT2D eigenvalue weighted by Gasteiger charge is 2.35. The summed E-state index contributed by atoms with van der Waals surface area (Å²) in [5, 5.41) is 9.53. The van der Waals surface area contributed by atoms with Crippen molar-refractivity contribution < 1.29 is 5.11 Å². The summed E-state index contributed by atoms with van der Waals surface area (Å²) in [6.07, 6.45) is 6.11.